The molecule has 0 radical (unpaired) electrons. The highest BCUT2D eigenvalue weighted by Gasteiger charge is 2.17. The number of hydrogen-bond donors (Lipinski definition) is 0. The molecule has 0 N–H and O–H groups in total. The van der Waals surface area contributed by atoms with Crippen LogP contribution in [0.5, 0.6) is 0 Å². The number of rotatable bonds is 3. The predicted molar refractivity (Wildman–Crippen MR) is 61.8 cm³/mol. The molecule has 1 aromatic carbocycles. The molecule has 0 aliphatic heterocycles. The molecule has 15 heavy (non-hydrogen) atoms. The molecule has 2 aromatic rings. The summed E-state index contributed by atoms with van der Waals surface area (Å²) in [7, 11) is 0. The van der Waals surface area contributed by atoms with E-state index in [9.17, 15) is 0 Å². The number of allylic oxidation sites excluding steroid dienone is 1. The van der Waals surface area contributed by atoms with Crippen LogP contribution in [0.1, 0.15) is 25.7 Å². The third kappa shape index (κ3) is 1.80. The minimum atomic E-state index is 0.273. The summed E-state index contributed by atoms with van der Waals surface area (Å²) < 4.78 is 5.69. The van der Waals surface area contributed by atoms with Crippen molar-refractivity contribution in [2.45, 2.75) is 19.8 Å². The standard InChI is InChI=1S/C13H15NO/c1-4-9(2)10(3)13-14-11-7-5-6-8-12(11)15-13/h4-10H,1H2,2-3H3. The van der Waals surface area contributed by atoms with Crippen molar-refractivity contribution < 1.29 is 4.42 Å². The average molecular weight is 201 g/mol. The third-order valence-electron chi connectivity index (χ3n) is 2.86. The Hall–Kier alpha value is -1.57. The normalized spacial score (nSPS) is 15.1. The van der Waals surface area contributed by atoms with Crippen molar-refractivity contribution in [2.24, 2.45) is 5.92 Å². The number of oxazole rings is 1. The second-order valence-corrected chi connectivity index (χ2v) is 3.90. The summed E-state index contributed by atoms with van der Waals surface area (Å²) in [4.78, 5) is 4.47. The summed E-state index contributed by atoms with van der Waals surface area (Å²) in [6, 6.07) is 7.83. The first-order valence-electron chi connectivity index (χ1n) is 5.20. The van der Waals surface area contributed by atoms with Crippen LogP contribution in [0.25, 0.3) is 11.1 Å². The van der Waals surface area contributed by atoms with Crippen LogP contribution in [-0.2, 0) is 0 Å². The van der Waals surface area contributed by atoms with Crippen molar-refractivity contribution >= 4 is 11.1 Å². The molecular formula is C13H15NO. The van der Waals surface area contributed by atoms with Crippen LogP contribution in [0.15, 0.2) is 41.3 Å². The molecule has 2 unspecified atom stereocenters. The van der Waals surface area contributed by atoms with Gasteiger partial charge in [-0.15, -0.1) is 6.58 Å². The summed E-state index contributed by atoms with van der Waals surface area (Å²) in [5, 5.41) is 0. The second-order valence-electron chi connectivity index (χ2n) is 3.90. The van der Waals surface area contributed by atoms with E-state index in [-0.39, 0.29) is 5.92 Å². The van der Waals surface area contributed by atoms with Crippen LogP contribution in [0.3, 0.4) is 0 Å². The molecular weight excluding hydrogens is 186 g/mol. The molecule has 0 bridgehead atoms. The van der Waals surface area contributed by atoms with E-state index in [4.69, 9.17) is 4.42 Å². The SMILES string of the molecule is C=CC(C)C(C)c1nc2ccccc2o1. The van der Waals surface area contributed by atoms with Crippen LogP contribution in [0.4, 0.5) is 0 Å². The lowest BCUT2D eigenvalue weighted by Gasteiger charge is -2.11. The average Bonchev–Trinajstić information content (AvgIpc) is 2.70. The van der Waals surface area contributed by atoms with Crippen LogP contribution >= 0.6 is 0 Å². The van der Waals surface area contributed by atoms with Crippen molar-refractivity contribution in [1.29, 1.82) is 0 Å². The number of para-hydroxylation sites is 2. The van der Waals surface area contributed by atoms with Crippen LogP contribution in [0.2, 0.25) is 0 Å². The maximum atomic E-state index is 5.69. The molecule has 1 aromatic heterocycles. The second kappa shape index (κ2) is 3.89. The van der Waals surface area contributed by atoms with Gasteiger partial charge in [-0.2, -0.15) is 0 Å². The Kier molecular flexibility index (Phi) is 2.58. The van der Waals surface area contributed by atoms with Gasteiger partial charge in [-0.3, -0.25) is 0 Å². The molecule has 0 saturated carbocycles. The van der Waals surface area contributed by atoms with E-state index in [0.29, 0.717) is 5.92 Å². The lowest BCUT2D eigenvalue weighted by molar-refractivity contribution is 0.439. The van der Waals surface area contributed by atoms with Gasteiger partial charge in [-0.1, -0.05) is 32.1 Å². The maximum Gasteiger partial charge on any atom is 0.198 e. The molecule has 0 saturated heterocycles. The lowest BCUT2D eigenvalue weighted by Crippen LogP contribution is -2.03. The van der Waals surface area contributed by atoms with Crippen LogP contribution < -0.4 is 0 Å². The fourth-order valence-electron chi connectivity index (χ4n) is 1.51. The van der Waals surface area contributed by atoms with Gasteiger partial charge in [-0.05, 0) is 18.1 Å². The van der Waals surface area contributed by atoms with Gasteiger partial charge in [0.1, 0.15) is 5.52 Å². The summed E-state index contributed by atoms with van der Waals surface area (Å²) in [6.45, 7) is 8.02. The van der Waals surface area contributed by atoms with Gasteiger partial charge in [0.25, 0.3) is 0 Å². The van der Waals surface area contributed by atoms with Crippen molar-refractivity contribution in [3.05, 3.63) is 42.8 Å². The first-order chi connectivity index (χ1) is 7.22. The number of aromatic nitrogens is 1. The molecule has 0 spiro atoms. The topological polar surface area (TPSA) is 26.0 Å². The van der Waals surface area contributed by atoms with Gasteiger partial charge in [0.15, 0.2) is 11.5 Å². The quantitative estimate of drug-likeness (QED) is 0.707. The molecule has 78 valence electrons. The first-order valence-corrected chi connectivity index (χ1v) is 5.20. The molecule has 1 heterocycles. The minimum Gasteiger partial charge on any atom is -0.440 e. The zero-order valence-corrected chi connectivity index (χ0v) is 9.10. The highest BCUT2D eigenvalue weighted by molar-refractivity contribution is 5.72. The Labute approximate surface area is 89.6 Å². The lowest BCUT2D eigenvalue weighted by atomic mass is 9.96. The molecule has 0 aliphatic rings. The first kappa shape index (κ1) is 9.97. The Morgan fingerprint density at radius 1 is 1.33 bits per heavy atom. The van der Waals surface area contributed by atoms with Gasteiger partial charge >= 0.3 is 0 Å². The number of benzene rings is 1. The third-order valence-corrected chi connectivity index (χ3v) is 2.86. The fourth-order valence-corrected chi connectivity index (χ4v) is 1.51. The molecule has 2 atom stereocenters. The molecule has 0 fully saturated rings. The summed E-state index contributed by atoms with van der Waals surface area (Å²) in [5.41, 5.74) is 1.78. The van der Waals surface area contributed by atoms with E-state index in [2.05, 4.69) is 25.4 Å². The van der Waals surface area contributed by atoms with Crippen molar-refractivity contribution in [3.63, 3.8) is 0 Å². The zero-order valence-electron chi connectivity index (χ0n) is 9.10. The highest BCUT2D eigenvalue weighted by atomic mass is 16.3. The number of fused-ring (bicyclic) bond motifs is 1. The smallest absolute Gasteiger partial charge is 0.198 e. The van der Waals surface area contributed by atoms with E-state index in [1.165, 1.54) is 0 Å². The number of hydrogen-bond acceptors (Lipinski definition) is 2. The van der Waals surface area contributed by atoms with Crippen molar-refractivity contribution in [3.8, 4) is 0 Å². The summed E-state index contributed by atoms with van der Waals surface area (Å²) >= 11 is 0. The van der Waals surface area contributed by atoms with Gasteiger partial charge in [0.05, 0.1) is 0 Å². The summed E-state index contributed by atoms with van der Waals surface area (Å²) in [6.07, 6.45) is 1.93. The Balaban J connectivity index is 2.40. The maximum absolute atomic E-state index is 5.69. The van der Waals surface area contributed by atoms with Gasteiger partial charge in [0.2, 0.25) is 0 Å². The van der Waals surface area contributed by atoms with Gasteiger partial charge in [-0.25, -0.2) is 4.98 Å². The van der Waals surface area contributed by atoms with Gasteiger partial charge in [0, 0.05) is 5.92 Å². The van der Waals surface area contributed by atoms with Crippen LogP contribution in [0, 0.1) is 5.92 Å². The van der Waals surface area contributed by atoms with Crippen LogP contribution in [-0.4, -0.2) is 4.98 Å². The molecule has 0 amide bonds. The molecule has 2 heteroatoms. The van der Waals surface area contributed by atoms with Crippen molar-refractivity contribution in [2.75, 3.05) is 0 Å². The minimum absolute atomic E-state index is 0.273. The zero-order chi connectivity index (χ0) is 10.8. The van der Waals surface area contributed by atoms with E-state index in [0.717, 1.165) is 17.0 Å². The van der Waals surface area contributed by atoms with Crippen molar-refractivity contribution in [1.82, 2.24) is 4.98 Å². The van der Waals surface area contributed by atoms with Gasteiger partial charge < -0.3 is 4.42 Å². The number of nitrogens with zero attached hydrogens (tertiary/aromatic N) is 1. The molecule has 2 nitrogen and oxygen atoms in total. The highest BCUT2D eigenvalue weighted by Crippen LogP contribution is 2.27. The van der Waals surface area contributed by atoms with E-state index in [1.807, 2.05) is 30.3 Å². The van der Waals surface area contributed by atoms with E-state index < -0.39 is 0 Å². The molecule has 0 aliphatic carbocycles. The summed E-state index contributed by atoms with van der Waals surface area (Å²) in [5.74, 6) is 1.44. The van der Waals surface area contributed by atoms with E-state index in [1.54, 1.807) is 0 Å². The largest absolute Gasteiger partial charge is 0.440 e. The fraction of sp³-hybridized carbons (Fsp3) is 0.308. The predicted octanol–water partition coefficient (Wildman–Crippen LogP) is 3.75. The van der Waals surface area contributed by atoms with E-state index >= 15 is 0 Å². The monoisotopic (exact) mass is 201 g/mol. The Bertz CT molecular complexity index is 439. The Morgan fingerprint density at radius 3 is 2.73 bits per heavy atom. The Morgan fingerprint density at radius 2 is 2.07 bits per heavy atom. The molecule has 2 rings (SSSR count).